The minimum absolute atomic E-state index is 0.0239. The van der Waals surface area contributed by atoms with Crippen LogP contribution in [0.2, 0.25) is 0 Å². The number of rotatable bonds is 1. The van der Waals surface area contributed by atoms with Crippen molar-refractivity contribution >= 4 is 17.1 Å². The third-order valence-corrected chi connectivity index (χ3v) is 4.53. The highest BCUT2D eigenvalue weighted by molar-refractivity contribution is 7.17. The van der Waals surface area contributed by atoms with Gasteiger partial charge in [-0.05, 0) is 30.4 Å². The number of thiazole rings is 1. The summed E-state index contributed by atoms with van der Waals surface area (Å²) >= 11 is 1.48. The molecule has 0 saturated carbocycles. The Bertz CT molecular complexity index is 641. The lowest BCUT2D eigenvalue weighted by Gasteiger charge is -2.26. The van der Waals surface area contributed by atoms with E-state index in [4.69, 9.17) is 0 Å². The highest BCUT2D eigenvalue weighted by Crippen LogP contribution is 2.38. The zero-order chi connectivity index (χ0) is 13.6. The smallest absolute Gasteiger partial charge is 0.175 e. The summed E-state index contributed by atoms with van der Waals surface area (Å²) in [5.41, 5.74) is 2.96. The molecule has 1 aliphatic carbocycles. The molecule has 0 unspecified atom stereocenters. The number of aromatic nitrogens is 2. The van der Waals surface area contributed by atoms with Crippen LogP contribution in [0.3, 0.4) is 0 Å². The van der Waals surface area contributed by atoms with Gasteiger partial charge in [0.1, 0.15) is 5.01 Å². The minimum atomic E-state index is 0.0239. The van der Waals surface area contributed by atoms with Crippen LogP contribution in [-0.2, 0) is 6.42 Å². The normalized spacial score (nSPS) is 17.3. The fourth-order valence-electron chi connectivity index (χ4n) is 2.42. The van der Waals surface area contributed by atoms with E-state index in [1.54, 1.807) is 0 Å². The number of fused-ring (bicyclic) bond motifs is 1. The van der Waals surface area contributed by atoms with Gasteiger partial charge in [0.2, 0.25) is 0 Å². The van der Waals surface area contributed by atoms with Gasteiger partial charge in [0, 0.05) is 12.6 Å². The van der Waals surface area contributed by atoms with Crippen molar-refractivity contribution in [1.82, 2.24) is 9.97 Å². The number of hydrogen-bond donors (Lipinski definition) is 0. The van der Waals surface area contributed by atoms with E-state index in [2.05, 4.69) is 23.8 Å². The monoisotopic (exact) mass is 272 g/mol. The summed E-state index contributed by atoms with van der Waals surface area (Å²) in [6.07, 6.45) is 3.32. The Morgan fingerprint density at radius 3 is 2.74 bits per heavy atom. The van der Waals surface area contributed by atoms with Crippen LogP contribution in [0.5, 0.6) is 0 Å². The van der Waals surface area contributed by atoms with E-state index in [0.29, 0.717) is 6.42 Å². The molecule has 1 aliphatic rings. The van der Waals surface area contributed by atoms with Crippen molar-refractivity contribution in [2.45, 2.75) is 33.6 Å². The summed E-state index contributed by atoms with van der Waals surface area (Å²) < 4.78 is 0. The van der Waals surface area contributed by atoms with Crippen LogP contribution in [0.1, 0.15) is 41.2 Å². The predicted molar refractivity (Wildman–Crippen MR) is 76.5 cm³/mol. The summed E-state index contributed by atoms with van der Waals surface area (Å²) in [5, 5.41) is 0.857. The Morgan fingerprint density at radius 1 is 1.26 bits per heavy atom. The van der Waals surface area contributed by atoms with Gasteiger partial charge in [0.25, 0.3) is 0 Å². The standard InChI is InChI=1S/C15H16N2OS/c1-9-4-5-10(16-8-9)14-17-11-6-15(2,3)7-12(18)13(11)19-14/h4-5,8H,6-7H2,1-3H3. The molecule has 3 rings (SSSR count). The molecule has 0 spiro atoms. The Balaban J connectivity index is 2.03. The molecule has 0 bridgehead atoms. The van der Waals surface area contributed by atoms with Gasteiger partial charge < -0.3 is 0 Å². The second-order valence-electron chi connectivity index (χ2n) is 5.96. The lowest BCUT2D eigenvalue weighted by atomic mass is 9.78. The number of ketones is 1. The molecule has 98 valence electrons. The molecule has 3 nitrogen and oxygen atoms in total. The van der Waals surface area contributed by atoms with Gasteiger partial charge in [-0.3, -0.25) is 9.78 Å². The largest absolute Gasteiger partial charge is 0.293 e. The number of aryl methyl sites for hydroxylation is 1. The molecule has 0 aromatic carbocycles. The van der Waals surface area contributed by atoms with Crippen molar-refractivity contribution in [3.05, 3.63) is 34.5 Å². The lowest BCUT2D eigenvalue weighted by molar-refractivity contribution is 0.0916. The summed E-state index contributed by atoms with van der Waals surface area (Å²) in [6, 6.07) is 3.99. The molecule has 0 radical (unpaired) electrons. The van der Waals surface area contributed by atoms with Crippen molar-refractivity contribution in [3.63, 3.8) is 0 Å². The second-order valence-corrected chi connectivity index (χ2v) is 6.96. The first-order chi connectivity index (χ1) is 8.94. The maximum Gasteiger partial charge on any atom is 0.175 e. The molecule has 0 saturated heterocycles. The first-order valence-corrected chi connectivity index (χ1v) is 7.22. The average molecular weight is 272 g/mol. The van der Waals surface area contributed by atoms with Gasteiger partial charge in [0.05, 0.1) is 16.3 Å². The van der Waals surface area contributed by atoms with Crippen molar-refractivity contribution in [2.75, 3.05) is 0 Å². The van der Waals surface area contributed by atoms with Gasteiger partial charge in [-0.15, -0.1) is 11.3 Å². The van der Waals surface area contributed by atoms with Gasteiger partial charge in [-0.1, -0.05) is 19.9 Å². The van der Waals surface area contributed by atoms with Crippen LogP contribution in [0.4, 0.5) is 0 Å². The molecule has 2 aromatic rings. The maximum absolute atomic E-state index is 12.1. The van der Waals surface area contributed by atoms with Gasteiger partial charge in [0.15, 0.2) is 5.78 Å². The number of carbonyl (C=O) groups is 1. The van der Waals surface area contributed by atoms with Crippen LogP contribution in [0.25, 0.3) is 10.7 Å². The number of pyridine rings is 1. The van der Waals surface area contributed by atoms with E-state index < -0.39 is 0 Å². The number of hydrogen-bond acceptors (Lipinski definition) is 4. The third-order valence-electron chi connectivity index (χ3n) is 3.37. The number of carbonyl (C=O) groups excluding carboxylic acids is 1. The summed E-state index contributed by atoms with van der Waals surface area (Å²) in [7, 11) is 0. The third kappa shape index (κ3) is 2.32. The molecule has 0 N–H and O–H groups in total. The molecular weight excluding hydrogens is 256 g/mol. The topological polar surface area (TPSA) is 42.9 Å². The molecular formula is C15H16N2OS. The van der Waals surface area contributed by atoms with E-state index in [0.717, 1.165) is 33.3 Å². The highest BCUT2D eigenvalue weighted by atomic mass is 32.1. The zero-order valence-corrected chi connectivity index (χ0v) is 12.2. The summed E-state index contributed by atoms with van der Waals surface area (Å²) in [5.74, 6) is 0.224. The number of Topliss-reactive ketones (excluding diaryl/α,β-unsaturated/α-hetero) is 1. The van der Waals surface area contributed by atoms with Crippen LogP contribution in [0, 0.1) is 12.3 Å². The van der Waals surface area contributed by atoms with E-state index in [1.165, 1.54) is 11.3 Å². The van der Waals surface area contributed by atoms with E-state index in [9.17, 15) is 4.79 Å². The predicted octanol–water partition coefficient (Wildman–Crippen LogP) is 3.67. The van der Waals surface area contributed by atoms with Gasteiger partial charge in [-0.2, -0.15) is 0 Å². The van der Waals surface area contributed by atoms with E-state index >= 15 is 0 Å². The Labute approximate surface area is 116 Å². The molecule has 0 aliphatic heterocycles. The molecule has 0 atom stereocenters. The van der Waals surface area contributed by atoms with Gasteiger partial charge >= 0.3 is 0 Å². The Hall–Kier alpha value is -1.55. The van der Waals surface area contributed by atoms with E-state index in [-0.39, 0.29) is 11.2 Å². The molecule has 2 heterocycles. The highest BCUT2D eigenvalue weighted by Gasteiger charge is 2.34. The maximum atomic E-state index is 12.1. The molecule has 19 heavy (non-hydrogen) atoms. The fourth-order valence-corrected chi connectivity index (χ4v) is 3.42. The lowest BCUT2D eigenvalue weighted by Crippen LogP contribution is -2.25. The van der Waals surface area contributed by atoms with Crippen LogP contribution in [-0.4, -0.2) is 15.8 Å². The zero-order valence-electron chi connectivity index (χ0n) is 11.4. The van der Waals surface area contributed by atoms with Crippen LogP contribution >= 0.6 is 11.3 Å². The molecule has 2 aromatic heterocycles. The van der Waals surface area contributed by atoms with Crippen molar-refractivity contribution in [3.8, 4) is 10.7 Å². The Morgan fingerprint density at radius 2 is 2.05 bits per heavy atom. The van der Waals surface area contributed by atoms with Crippen LogP contribution < -0.4 is 0 Å². The minimum Gasteiger partial charge on any atom is -0.293 e. The SMILES string of the molecule is Cc1ccc(-c2nc3c(s2)C(=O)CC(C)(C)C3)nc1. The van der Waals surface area contributed by atoms with Crippen molar-refractivity contribution < 1.29 is 4.79 Å². The average Bonchev–Trinajstić information content (AvgIpc) is 2.72. The van der Waals surface area contributed by atoms with Crippen molar-refractivity contribution in [2.24, 2.45) is 5.41 Å². The first-order valence-electron chi connectivity index (χ1n) is 6.40. The second kappa shape index (κ2) is 4.23. The van der Waals surface area contributed by atoms with Gasteiger partial charge in [-0.25, -0.2) is 4.98 Å². The van der Waals surface area contributed by atoms with E-state index in [1.807, 2.05) is 25.3 Å². The quantitative estimate of drug-likeness (QED) is 0.795. The fraction of sp³-hybridized carbons (Fsp3) is 0.400. The summed E-state index contributed by atoms with van der Waals surface area (Å²) in [4.78, 5) is 22.0. The Kier molecular flexibility index (Phi) is 2.78. The summed E-state index contributed by atoms with van der Waals surface area (Å²) in [6.45, 7) is 6.25. The molecule has 0 fully saturated rings. The molecule has 0 amide bonds. The number of nitrogens with zero attached hydrogens (tertiary/aromatic N) is 2. The van der Waals surface area contributed by atoms with Crippen molar-refractivity contribution in [1.29, 1.82) is 0 Å². The molecule has 4 heteroatoms. The van der Waals surface area contributed by atoms with Crippen LogP contribution in [0.15, 0.2) is 18.3 Å². The first kappa shape index (κ1) is 12.5.